The molecule has 1 heterocycles. The second kappa shape index (κ2) is 5.12. The molecule has 0 bridgehead atoms. The molecule has 2 rings (SSSR count). The third kappa shape index (κ3) is 2.81. The summed E-state index contributed by atoms with van der Waals surface area (Å²) in [7, 11) is 1.30. The van der Waals surface area contributed by atoms with Gasteiger partial charge >= 0.3 is 5.97 Å². The highest BCUT2D eigenvalue weighted by Gasteiger charge is 2.10. The highest BCUT2D eigenvalue weighted by atomic mass is 16.5. The number of carbonyl (C=O) groups is 1. The number of hydrogen-bond acceptors (Lipinski definition) is 4. The second-order valence-electron chi connectivity index (χ2n) is 3.35. The predicted octanol–water partition coefficient (Wildman–Crippen LogP) is 2.63. The Kier molecular flexibility index (Phi) is 3.35. The molecule has 0 atom stereocenters. The summed E-state index contributed by atoms with van der Waals surface area (Å²) in [5, 5.41) is 3.60. The van der Waals surface area contributed by atoms with E-state index in [-0.39, 0.29) is 5.69 Å². The summed E-state index contributed by atoms with van der Waals surface area (Å²) >= 11 is 0. The summed E-state index contributed by atoms with van der Waals surface area (Å²) < 4.78 is 9.50. The molecule has 17 heavy (non-hydrogen) atoms. The first kappa shape index (κ1) is 11.1. The van der Waals surface area contributed by atoms with E-state index in [9.17, 15) is 4.79 Å². The van der Waals surface area contributed by atoms with Gasteiger partial charge in [0.2, 0.25) is 0 Å². The zero-order valence-electron chi connectivity index (χ0n) is 9.29. The number of hydrogen-bond donors (Lipinski definition) is 0. The molecule has 0 saturated carbocycles. The fourth-order valence-corrected chi connectivity index (χ4v) is 1.31. The van der Waals surface area contributed by atoms with E-state index in [1.165, 1.54) is 13.2 Å². The fraction of sp³-hybridized carbons (Fsp3) is 0.0769. The Hall–Kier alpha value is -2.36. The van der Waals surface area contributed by atoms with Crippen molar-refractivity contribution in [3.8, 4) is 0 Å². The van der Waals surface area contributed by atoms with E-state index < -0.39 is 5.97 Å². The topological polar surface area (TPSA) is 52.3 Å². The van der Waals surface area contributed by atoms with Crippen LogP contribution in [0.15, 0.2) is 40.9 Å². The number of rotatable bonds is 3. The van der Waals surface area contributed by atoms with Crippen molar-refractivity contribution in [1.82, 2.24) is 5.16 Å². The van der Waals surface area contributed by atoms with Crippen LogP contribution in [0.25, 0.3) is 12.2 Å². The van der Waals surface area contributed by atoms with Crippen LogP contribution in [0.5, 0.6) is 0 Å². The van der Waals surface area contributed by atoms with E-state index >= 15 is 0 Å². The van der Waals surface area contributed by atoms with Crippen LogP contribution in [0.4, 0.5) is 0 Å². The minimum absolute atomic E-state index is 0.167. The zero-order chi connectivity index (χ0) is 12.1. The van der Waals surface area contributed by atoms with Gasteiger partial charge in [0.05, 0.1) is 7.11 Å². The lowest BCUT2D eigenvalue weighted by Gasteiger charge is -1.89. The van der Waals surface area contributed by atoms with Crippen molar-refractivity contribution in [2.24, 2.45) is 0 Å². The molecular formula is C13H11NO3. The maximum absolute atomic E-state index is 11.1. The van der Waals surface area contributed by atoms with Gasteiger partial charge in [-0.2, -0.15) is 0 Å². The van der Waals surface area contributed by atoms with Crippen molar-refractivity contribution >= 4 is 18.1 Å². The van der Waals surface area contributed by atoms with Gasteiger partial charge in [-0.1, -0.05) is 41.6 Å². The van der Waals surface area contributed by atoms with Gasteiger partial charge in [-0.15, -0.1) is 0 Å². The fourth-order valence-electron chi connectivity index (χ4n) is 1.31. The Labute approximate surface area is 98.5 Å². The molecule has 0 aliphatic rings. The summed E-state index contributed by atoms with van der Waals surface area (Å²) in [6, 6.07) is 11.3. The molecule has 0 fully saturated rings. The quantitative estimate of drug-likeness (QED) is 0.759. The summed E-state index contributed by atoms with van der Waals surface area (Å²) in [5.41, 5.74) is 1.21. The first-order valence-electron chi connectivity index (χ1n) is 5.08. The maximum Gasteiger partial charge on any atom is 0.360 e. The molecule has 0 N–H and O–H groups in total. The molecule has 0 amide bonds. The SMILES string of the molecule is COC(=O)c1cc(C=Cc2ccccc2)on1. The van der Waals surface area contributed by atoms with E-state index in [1.54, 1.807) is 6.08 Å². The Balaban J connectivity index is 2.12. The number of ether oxygens (including phenoxy) is 1. The van der Waals surface area contributed by atoms with Crippen molar-refractivity contribution in [3.05, 3.63) is 53.4 Å². The average Bonchev–Trinajstić information content (AvgIpc) is 2.85. The van der Waals surface area contributed by atoms with Crippen LogP contribution in [-0.4, -0.2) is 18.2 Å². The number of methoxy groups -OCH3 is 1. The molecule has 86 valence electrons. The van der Waals surface area contributed by atoms with E-state index in [1.807, 2.05) is 36.4 Å². The summed E-state index contributed by atoms with van der Waals surface area (Å²) in [6.45, 7) is 0. The van der Waals surface area contributed by atoms with Crippen LogP contribution in [0, 0.1) is 0 Å². The minimum atomic E-state index is -0.506. The van der Waals surface area contributed by atoms with Gasteiger partial charge in [0.25, 0.3) is 0 Å². The molecule has 0 unspecified atom stereocenters. The molecule has 0 saturated heterocycles. The molecule has 2 aromatic rings. The first-order chi connectivity index (χ1) is 8.29. The molecule has 4 nitrogen and oxygen atoms in total. The van der Waals surface area contributed by atoms with Crippen LogP contribution in [0.2, 0.25) is 0 Å². The Morgan fingerprint density at radius 2 is 2.06 bits per heavy atom. The minimum Gasteiger partial charge on any atom is -0.464 e. The molecule has 4 heteroatoms. The monoisotopic (exact) mass is 229 g/mol. The van der Waals surface area contributed by atoms with E-state index in [0.29, 0.717) is 5.76 Å². The van der Waals surface area contributed by atoms with Crippen LogP contribution in [-0.2, 0) is 4.74 Å². The van der Waals surface area contributed by atoms with Crippen LogP contribution in [0.1, 0.15) is 21.8 Å². The Morgan fingerprint density at radius 1 is 1.29 bits per heavy atom. The van der Waals surface area contributed by atoms with E-state index in [0.717, 1.165) is 5.56 Å². The number of carbonyl (C=O) groups excluding carboxylic acids is 1. The third-order valence-electron chi connectivity index (χ3n) is 2.16. The van der Waals surface area contributed by atoms with Gasteiger partial charge in [-0.05, 0) is 11.6 Å². The molecule has 1 aromatic heterocycles. The summed E-state index contributed by atoms with van der Waals surface area (Å²) in [5.74, 6) is 0.00219. The molecule has 1 aromatic carbocycles. The van der Waals surface area contributed by atoms with E-state index in [4.69, 9.17) is 4.52 Å². The van der Waals surface area contributed by atoms with Crippen molar-refractivity contribution in [3.63, 3.8) is 0 Å². The van der Waals surface area contributed by atoms with Crippen molar-refractivity contribution < 1.29 is 14.1 Å². The lowest BCUT2D eigenvalue weighted by molar-refractivity contribution is 0.0589. The number of aromatic nitrogens is 1. The molecule has 0 aliphatic heterocycles. The van der Waals surface area contributed by atoms with Crippen LogP contribution < -0.4 is 0 Å². The molecule has 0 radical (unpaired) electrons. The number of nitrogens with zero attached hydrogens (tertiary/aromatic N) is 1. The highest BCUT2D eigenvalue weighted by Crippen LogP contribution is 2.10. The van der Waals surface area contributed by atoms with Gasteiger partial charge in [-0.3, -0.25) is 0 Å². The lowest BCUT2D eigenvalue weighted by Crippen LogP contribution is -2.00. The largest absolute Gasteiger partial charge is 0.464 e. The van der Waals surface area contributed by atoms with Crippen LogP contribution in [0.3, 0.4) is 0 Å². The standard InChI is InChI=1S/C13H11NO3/c1-16-13(15)12-9-11(17-14-12)8-7-10-5-3-2-4-6-10/h2-9H,1H3. The zero-order valence-corrected chi connectivity index (χ0v) is 9.29. The van der Waals surface area contributed by atoms with Gasteiger partial charge < -0.3 is 9.26 Å². The molecule has 0 aliphatic carbocycles. The predicted molar refractivity (Wildman–Crippen MR) is 63.2 cm³/mol. The van der Waals surface area contributed by atoms with Crippen molar-refractivity contribution in [2.75, 3.05) is 7.11 Å². The van der Waals surface area contributed by atoms with Gasteiger partial charge in [0.15, 0.2) is 11.5 Å². The lowest BCUT2D eigenvalue weighted by atomic mass is 10.2. The number of benzene rings is 1. The normalized spacial score (nSPS) is 10.6. The smallest absolute Gasteiger partial charge is 0.360 e. The second-order valence-corrected chi connectivity index (χ2v) is 3.35. The molecular weight excluding hydrogens is 218 g/mol. The van der Waals surface area contributed by atoms with Crippen molar-refractivity contribution in [2.45, 2.75) is 0 Å². The summed E-state index contributed by atoms with van der Waals surface area (Å²) in [6.07, 6.45) is 3.62. The first-order valence-corrected chi connectivity index (χ1v) is 5.08. The number of esters is 1. The van der Waals surface area contributed by atoms with Gasteiger partial charge in [0, 0.05) is 6.07 Å². The third-order valence-corrected chi connectivity index (χ3v) is 2.16. The van der Waals surface area contributed by atoms with Gasteiger partial charge in [-0.25, -0.2) is 4.79 Å². The van der Waals surface area contributed by atoms with Gasteiger partial charge in [0.1, 0.15) is 0 Å². The Morgan fingerprint density at radius 3 is 2.76 bits per heavy atom. The Bertz CT molecular complexity index is 529. The maximum atomic E-state index is 11.1. The summed E-state index contributed by atoms with van der Waals surface area (Å²) in [4.78, 5) is 11.1. The average molecular weight is 229 g/mol. The highest BCUT2D eigenvalue weighted by molar-refractivity contribution is 5.87. The van der Waals surface area contributed by atoms with Crippen molar-refractivity contribution in [1.29, 1.82) is 0 Å². The van der Waals surface area contributed by atoms with E-state index in [2.05, 4.69) is 9.89 Å². The van der Waals surface area contributed by atoms with Crippen LogP contribution >= 0.6 is 0 Å². The molecule has 0 spiro atoms.